The molecule has 3 rings (SSSR count). The van der Waals surface area contributed by atoms with Gasteiger partial charge in [0.1, 0.15) is 11.9 Å². The zero-order valence-electron chi connectivity index (χ0n) is 15.3. The quantitative estimate of drug-likeness (QED) is 0.781. The van der Waals surface area contributed by atoms with Crippen molar-refractivity contribution in [2.24, 2.45) is 0 Å². The first kappa shape index (κ1) is 19.7. The predicted octanol–water partition coefficient (Wildman–Crippen LogP) is 1.59. The number of anilines is 2. The summed E-state index contributed by atoms with van der Waals surface area (Å²) in [6.45, 7) is 4.39. The topological polar surface area (TPSA) is 67.7 Å². The summed E-state index contributed by atoms with van der Waals surface area (Å²) < 4.78 is 47.3. The number of carbonyl (C=O) groups excluding carboxylic acids is 1. The number of hydrogen-bond acceptors (Lipinski definition) is 6. The van der Waals surface area contributed by atoms with Crippen molar-refractivity contribution in [2.45, 2.75) is 51.5 Å². The van der Waals surface area contributed by atoms with Crippen molar-refractivity contribution in [3.8, 4) is 0 Å². The summed E-state index contributed by atoms with van der Waals surface area (Å²) in [6, 6.07) is -0.544. The SMILES string of the molecule is CCC(=O)CN1c2nc(N3CCOC[C@H]3C)cc(=O)n2CC[C@H]1C(F)(F)F. The van der Waals surface area contributed by atoms with Crippen molar-refractivity contribution in [1.29, 1.82) is 0 Å². The largest absolute Gasteiger partial charge is 0.408 e. The molecule has 3 heterocycles. The first-order valence-corrected chi connectivity index (χ1v) is 9.03. The van der Waals surface area contributed by atoms with Crippen LogP contribution in [0.3, 0.4) is 0 Å². The molecule has 0 aliphatic carbocycles. The van der Waals surface area contributed by atoms with E-state index >= 15 is 0 Å². The van der Waals surface area contributed by atoms with Gasteiger partial charge in [-0.2, -0.15) is 18.2 Å². The summed E-state index contributed by atoms with van der Waals surface area (Å²) in [5.41, 5.74) is -0.414. The van der Waals surface area contributed by atoms with E-state index in [4.69, 9.17) is 4.74 Å². The number of hydrogen-bond donors (Lipinski definition) is 0. The molecule has 0 bridgehead atoms. The normalized spacial score (nSPS) is 23.3. The number of aromatic nitrogens is 2. The third kappa shape index (κ3) is 3.95. The predicted molar refractivity (Wildman–Crippen MR) is 93.2 cm³/mol. The van der Waals surface area contributed by atoms with E-state index < -0.39 is 24.3 Å². The summed E-state index contributed by atoms with van der Waals surface area (Å²) in [6.07, 6.45) is -4.69. The molecular weight excluding hydrogens is 365 g/mol. The van der Waals surface area contributed by atoms with Crippen molar-refractivity contribution >= 4 is 17.5 Å². The van der Waals surface area contributed by atoms with Crippen LogP contribution in [0, 0.1) is 0 Å². The van der Waals surface area contributed by atoms with E-state index in [-0.39, 0.29) is 37.2 Å². The van der Waals surface area contributed by atoms with Gasteiger partial charge in [0.25, 0.3) is 5.56 Å². The Bertz CT molecular complexity index is 765. The Labute approximate surface area is 154 Å². The molecule has 7 nitrogen and oxygen atoms in total. The van der Waals surface area contributed by atoms with E-state index in [0.717, 1.165) is 4.90 Å². The molecule has 1 saturated heterocycles. The minimum absolute atomic E-state index is 0.0542. The summed E-state index contributed by atoms with van der Waals surface area (Å²) in [5.74, 6) is -0.109. The van der Waals surface area contributed by atoms with E-state index in [0.29, 0.717) is 25.6 Å². The van der Waals surface area contributed by atoms with Gasteiger partial charge in [-0.3, -0.25) is 14.2 Å². The first-order valence-electron chi connectivity index (χ1n) is 9.03. The molecule has 10 heteroatoms. The van der Waals surface area contributed by atoms with Gasteiger partial charge in [-0.05, 0) is 13.3 Å². The van der Waals surface area contributed by atoms with Crippen molar-refractivity contribution in [2.75, 3.05) is 36.1 Å². The van der Waals surface area contributed by atoms with Crippen LogP contribution in [0.15, 0.2) is 10.9 Å². The molecule has 0 unspecified atom stereocenters. The van der Waals surface area contributed by atoms with Crippen LogP contribution in [-0.4, -0.2) is 59.9 Å². The second kappa shape index (κ2) is 7.49. The van der Waals surface area contributed by atoms with Crippen molar-refractivity contribution < 1.29 is 22.7 Å². The lowest BCUT2D eigenvalue weighted by atomic mass is 10.1. The third-order valence-electron chi connectivity index (χ3n) is 5.01. The Hall–Kier alpha value is -2.10. The minimum Gasteiger partial charge on any atom is -0.377 e. The average Bonchev–Trinajstić information content (AvgIpc) is 2.61. The Morgan fingerprint density at radius 2 is 2.11 bits per heavy atom. The van der Waals surface area contributed by atoms with Crippen molar-refractivity contribution in [3.63, 3.8) is 0 Å². The summed E-state index contributed by atoms with van der Waals surface area (Å²) in [4.78, 5) is 31.7. The van der Waals surface area contributed by atoms with Crippen LogP contribution in [0.4, 0.5) is 24.9 Å². The number of rotatable bonds is 4. The lowest BCUT2D eigenvalue weighted by molar-refractivity contribution is -0.153. The van der Waals surface area contributed by atoms with Crippen molar-refractivity contribution in [3.05, 3.63) is 16.4 Å². The van der Waals surface area contributed by atoms with Crippen LogP contribution in [-0.2, 0) is 16.1 Å². The number of halogens is 3. The molecule has 1 aromatic heterocycles. The Balaban J connectivity index is 2.06. The molecule has 150 valence electrons. The van der Waals surface area contributed by atoms with E-state index in [1.54, 1.807) is 6.92 Å². The number of ketones is 1. The maximum Gasteiger partial charge on any atom is 0.408 e. The lowest BCUT2D eigenvalue weighted by Gasteiger charge is -2.40. The van der Waals surface area contributed by atoms with Gasteiger partial charge in [0.2, 0.25) is 5.95 Å². The summed E-state index contributed by atoms with van der Waals surface area (Å²) in [7, 11) is 0. The average molecular weight is 388 g/mol. The second-order valence-corrected chi connectivity index (χ2v) is 6.89. The molecule has 27 heavy (non-hydrogen) atoms. The highest BCUT2D eigenvalue weighted by Gasteiger charge is 2.47. The van der Waals surface area contributed by atoms with Crippen LogP contribution < -0.4 is 15.4 Å². The van der Waals surface area contributed by atoms with Gasteiger partial charge < -0.3 is 14.5 Å². The van der Waals surface area contributed by atoms with E-state index in [1.165, 1.54) is 10.6 Å². The van der Waals surface area contributed by atoms with Crippen LogP contribution in [0.1, 0.15) is 26.7 Å². The maximum atomic E-state index is 13.6. The zero-order valence-corrected chi connectivity index (χ0v) is 15.3. The molecule has 0 spiro atoms. The molecule has 1 fully saturated rings. The number of alkyl halides is 3. The standard InChI is InChI=1S/C17H23F3N4O3/c1-3-12(25)9-24-13(17(18,19)20)4-5-23-15(26)8-14(21-16(23)24)22-6-7-27-10-11(22)2/h8,11,13H,3-7,9-10H2,1-2H3/t11-,13+/m1/s1. The molecule has 0 N–H and O–H groups in total. The molecule has 2 atom stereocenters. The number of morpholine rings is 1. The van der Waals surface area contributed by atoms with Crippen LogP contribution in [0.2, 0.25) is 0 Å². The Morgan fingerprint density at radius 3 is 2.74 bits per heavy atom. The number of nitrogens with zero attached hydrogens (tertiary/aromatic N) is 4. The van der Waals surface area contributed by atoms with Gasteiger partial charge in [0, 0.05) is 25.6 Å². The molecule has 0 saturated carbocycles. The monoisotopic (exact) mass is 388 g/mol. The van der Waals surface area contributed by atoms with Gasteiger partial charge in [-0.15, -0.1) is 0 Å². The highest BCUT2D eigenvalue weighted by molar-refractivity contribution is 5.83. The van der Waals surface area contributed by atoms with Crippen LogP contribution in [0.5, 0.6) is 0 Å². The van der Waals surface area contributed by atoms with Crippen LogP contribution in [0.25, 0.3) is 0 Å². The van der Waals surface area contributed by atoms with Gasteiger partial charge >= 0.3 is 6.18 Å². The summed E-state index contributed by atoms with van der Waals surface area (Å²) in [5, 5.41) is 0. The van der Waals surface area contributed by atoms with Crippen LogP contribution >= 0.6 is 0 Å². The van der Waals surface area contributed by atoms with Gasteiger partial charge in [0.15, 0.2) is 5.78 Å². The number of ether oxygens (including phenoxy) is 1. The Morgan fingerprint density at radius 1 is 1.37 bits per heavy atom. The molecular formula is C17H23F3N4O3. The second-order valence-electron chi connectivity index (χ2n) is 6.89. The molecule has 0 amide bonds. The fourth-order valence-electron chi connectivity index (χ4n) is 3.50. The highest BCUT2D eigenvalue weighted by Crippen LogP contribution is 2.34. The van der Waals surface area contributed by atoms with E-state index in [2.05, 4.69) is 4.98 Å². The minimum atomic E-state index is -4.51. The molecule has 1 aromatic rings. The molecule has 2 aliphatic heterocycles. The number of Topliss-reactive ketones (excluding diaryl/α,β-unsaturated/α-hetero) is 1. The fourth-order valence-corrected chi connectivity index (χ4v) is 3.50. The first-order chi connectivity index (χ1) is 12.7. The van der Waals surface area contributed by atoms with Gasteiger partial charge in [-0.25, -0.2) is 0 Å². The number of carbonyl (C=O) groups is 1. The maximum absolute atomic E-state index is 13.6. The highest BCUT2D eigenvalue weighted by atomic mass is 19.4. The number of fused-ring (bicyclic) bond motifs is 1. The summed E-state index contributed by atoms with van der Waals surface area (Å²) >= 11 is 0. The van der Waals surface area contributed by atoms with Crippen molar-refractivity contribution in [1.82, 2.24) is 9.55 Å². The molecule has 2 aliphatic rings. The molecule has 0 aromatic carbocycles. The van der Waals surface area contributed by atoms with E-state index in [1.807, 2.05) is 11.8 Å². The third-order valence-corrected chi connectivity index (χ3v) is 5.01. The van der Waals surface area contributed by atoms with E-state index in [9.17, 15) is 22.8 Å². The fraction of sp³-hybridized carbons (Fsp3) is 0.706. The lowest BCUT2D eigenvalue weighted by Crippen LogP contribution is -2.54. The zero-order chi connectivity index (χ0) is 19.8. The van der Waals surface area contributed by atoms with Gasteiger partial charge in [0.05, 0.1) is 25.8 Å². The van der Waals surface area contributed by atoms with Gasteiger partial charge in [-0.1, -0.05) is 6.92 Å². The molecule has 0 radical (unpaired) electrons. The smallest absolute Gasteiger partial charge is 0.377 e. The Kier molecular flexibility index (Phi) is 5.45.